The van der Waals surface area contributed by atoms with Crippen LogP contribution in [0.4, 0.5) is 0 Å². The van der Waals surface area contributed by atoms with Crippen LogP contribution in [0.5, 0.6) is 5.75 Å². The lowest BCUT2D eigenvalue weighted by Crippen LogP contribution is -2.52. The van der Waals surface area contributed by atoms with Gasteiger partial charge in [0.1, 0.15) is 5.75 Å². The fourth-order valence-electron chi connectivity index (χ4n) is 3.12. The van der Waals surface area contributed by atoms with Gasteiger partial charge in [-0.05, 0) is 43.1 Å². The molecule has 2 aliphatic rings. The van der Waals surface area contributed by atoms with Gasteiger partial charge in [-0.3, -0.25) is 0 Å². The Morgan fingerprint density at radius 1 is 1.45 bits per heavy atom. The topological polar surface area (TPSA) is 76.7 Å². The summed E-state index contributed by atoms with van der Waals surface area (Å²) in [4.78, 5) is 0.294. The Kier molecular flexibility index (Phi) is 4.40. The van der Waals surface area contributed by atoms with Crippen molar-refractivity contribution in [2.24, 2.45) is 0 Å². The second kappa shape index (κ2) is 6.16. The van der Waals surface area contributed by atoms with Crippen LogP contribution in [0.1, 0.15) is 18.4 Å². The quantitative estimate of drug-likeness (QED) is 0.803. The first-order valence-electron chi connectivity index (χ1n) is 7.54. The van der Waals surface area contributed by atoms with E-state index in [2.05, 4.69) is 10.0 Å². The first kappa shape index (κ1) is 15.7. The van der Waals surface area contributed by atoms with Gasteiger partial charge in [0.15, 0.2) is 0 Å². The maximum Gasteiger partial charge on any atom is 0.240 e. The monoisotopic (exact) mass is 326 g/mol. The van der Waals surface area contributed by atoms with Crippen molar-refractivity contribution in [3.05, 3.63) is 23.8 Å². The van der Waals surface area contributed by atoms with E-state index < -0.39 is 10.0 Å². The van der Waals surface area contributed by atoms with Crippen LogP contribution >= 0.6 is 0 Å². The Morgan fingerprint density at radius 3 is 3.05 bits per heavy atom. The van der Waals surface area contributed by atoms with Crippen LogP contribution in [-0.2, 0) is 21.2 Å². The normalized spacial score (nSPS) is 24.2. The summed E-state index contributed by atoms with van der Waals surface area (Å²) in [5.41, 5.74) is 0.648. The van der Waals surface area contributed by atoms with Gasteiger partial charge in [0.05, 0.1) is 23.6 Å². The molecule has 1 atom stereocenters. The third-order valence-corrected chi connectivity index (χ3v) is 5.72. The lowest BCUT2D eigenvalue weighted by Gasteiger charge is -2.28. The minimum absolute atomic E-state index is 0.294. The van der Waals surface area contributed by atoms with Crippen LogP contribution in [0.25, 0.3) is 0 Å². The highest BCUT2D eigenvalue weighted by molar-refractivity contribution is 7.89. The maximum atomic E-state index is 12.5. The van der Waals surface area contributed by atoms with Gasteiger partial charge in [-0.1, -0.05) is 0 Å². The molecule has 0 spiro atoms. The molecular weight excluding hydrogens is 304 g/mol. The molecule has 3 rings (SSSR count). The largest absolute Gasteiger partial charge is 0.493 e. The molecular formula is C15H22N2O4S. The molecule has 0 aliphatic carbocycles. The average molecular weight is 326 g/mol. The van der Waals surface area contributed by atoms with Gasteiger partial charge >= 0.3 is 0 Å². The molecule has 6 nitrogen and oxygen atoms in total. The highest BCUT2D eigenvalue weighted by atomic mass is 32.2. The van der Waals surface area contributed by atoms with Crippen molar-refractivity contribution in [3.8, 4) is 5.75 Å². The molecule has 2 heterocycles. The first-order chi connectivity index (χ1) is 10.5. The minimum atomic E-state index is -3.53. The van der Waals surface area contributed by atoms with Crippen molar-refractivity contribution < 1.29 is 17.9 Å². The summed E-state index contributed by atoms with van der Waals surface area (Å²) in [5.74, 6) is 0.785. The number of hydrogen-bond acceptors (Lipinski definition) is 5. The fourth-order valence-corrected chi connectivity index (χ4v) is 4.29. The predicted molar refractivity (Wildman–Crippen MR) is 82.7 cm³/mol. The Hall–Kier alpha value is -1.15. The van der Waals surface area contributed by atoms with Crippen molar-refractivity contribution >= 4 is 10.0 Å². The summed E-state index contributed by atoms with van der Waals surface area (Å²) in [6, 6.07) is 5.03. The van der Waals surface area contributed by atoms with E-state index in [4.69, 9.17) is 9.47 Å². The van der Waals surface area contributed by atoms with Crippen LogP contribution in [0, 0.1) is 0 Å². The molecule has 2 aliphatic heterocycles. The third kappa shape index (κ3) is 3.12. The molecule has 1 fully saturated rings. The summed E-state index contributed by atoms with van der Waals surface area (Å²) in [6.07, 6.45) is 2.69. The van der Waals surface area contributed by atoms with E-state index in [-0.39, 0.29) is 5.54 Å². The molecule has 1 saturated heterocycles. The molecule has 22 heavy (non-hydrogen) atoms. The smallest absolute Gasteiger partial charge is 0.240 e. The van der Waals surface area contributed by atoms with E-state index in [1.165, 1.54) is 0 Å². The molecule has 1 aromatic rings. The predicted octanol–water partition coefficient (Wildman–Crippen LogP) is 0.668. The molecule has 7 heteroatoms. The Bertz CT molecular complexity index is 639. The third-order valence-electron chi connectivity index (χ3n) is 4.32. The molecule has 0 amide bonds. The van der Waals surface area contributed by atoms with E-state index >= 15 is 0 Å². The van der Waals surface area contributed by atoms with Gasteiger partial charge in [-0.25, -0.2) is 13.1 Å². The van der Waals surface area contributed by atoms with Gasteiger partial charge in [0.25, 0.3) is 0 Å². The van der Waals surface area contributed by atoms with E-state index in [9.17, 15) is 8.42 Å². The van der Waals surface area contributed by atoms with Crippen LogP contribution in [0.2, 0.25) is 0 Å². The lowest BCUT2D eigenvalue weighted by atomic mass is 9.99. The highest BCUT2D eigenvalue weighted by Crippen LogP contribution is 2.28. The fraction of sp³-hybridized carbons (Fsp3) is 0.600. The van der Waals surface area contributed by atoms with Crippen LogP contribution in [-0.4, -0.2) is 47.4 Å². The van der Waals surface area contributed by atoms with Crippen molar-refractivity contribution in [3.63, 3.8) is 0 Å². The molecule has 0 aromatic heterocycles. The molecule has 2 N–H and O–H groups in total. The minimum Gasteiger partial charge on any atom is -0.493 e. The standard InChI is InChI=1S/C15H22N2O4S/c1-20-11-15(6-2-7-16-15)10-17-22(18,19)13-3-4-14-12(9-13)5-8-21-14/h3-4,9,16-17H,2,5-8,10-11H2,1H3. The summed E-state index contributed by atoms with van der Waals surface area (Å²) in [6.45, 7) is 2.33. The van der Waals surface area contributed by atoms with Gasteiger partial charge < -0.3 is 14.8 Å². The van der Waals surface area contributed by atoms with Gasteiger partial charge in [-0.15, -0.1) is 0 Å². The summed E-state index contributed by atoms with van der Waals surface area (Å²) < 4.78 is 38.4. The number of ether oxygens (including phenoxy) is 2. The second-order valence-electron chi connectivity index (χ2n) is 5.94. The highest BCUT2D eigenvalue weighted by Gasteiger charge is 2.35. The van der Waals surface area contributed by atoms with Crippen LogP contribution in [0.3, 0.4) is 0 Å². The van der Waals surface area contributed by atoms with Gasteiger partial charge in [0.2, 0.25) is 10.0 Å². The molecule has 1 unspecified atom stereocenters. The zero-order valence-corrected chi connectivity index (χ0v) is 13.5. The van der Waals surface area contributed by atoms with E-state index in [0.29, 0.717) is 24.7 Å². The zero-order valence-electron chi connectivity index (χ0n) is 12.7. The number of rotatable bonds is 6. The Morgan fingerprint density at radius 2 is 2.32 bits per heavy atom. The van der Waals surface area contributed by atoms with Crippen molar-refractivity contribution in [2.45, 2.75) is 29.7 Å². The van der Waals surface area contributed by atoms with Gasteiger partial charge in [-0.2, -0.15) is 0 Å². The second-order valence-corrected chi connectivity index (χ2v) is 7.70. The zero-order chi connectivity index (χ0) is 15.6. The van der Waals surface area contributed by atoms with Crippen molar-refractivity contribution in [1.82, 2.24) is 10.0 Å². The number of methoxy groups -OCH3 is 1. The van der Waals surface area contributed by atoms with Crippen LogP contribution < -0.4 is 14.8 Å². The first-order valence-corrected chi connectivity index (χ1v) is 9.02. The molecule has 1 aromatic carbocycles. The van der Waals surface area contributed by atoms with Crippen molar-refractivity contribution in [2.75, 3.05) is 33.4 Å². The van der Waals surface area contributed by atoms with Gasteiger partial charge in [0, 0.05) is 20.1 Å². The maximum absolute atomic E-state index is 12.5. The average Bonchev–Trinajstić information content (AvgIpc) is 3.14. The summed E-state index contributed by atoms with van der Waals surface area (Å²) in [7, 11) is -1.89. The van der Waals surface area contributed by atoms with Crippen molar-refractivity contribution in [1.29, 1.82) is 0 Å². The van der Waals surface area contributed by atoms with Crippen LogP contribution in [0.15, 0.2) is 23.1 Å². The molecule has 122 valence electrons. The van der Waals surface area contributed by atoms with E-state index in [1.54, 1.807) is 25.3 Å². The summed E-state index contributed by atoms with van der Waals surface area (Å²) in [5, 5.41) is 3.36. The molecule has 0 bridgehead atoms. The number of nitrogens with one attached hydrogen (secondary N) is 2. The Balaban J connectivity index is 1.73. The number of benzene rings is 1. The molecule has 0 saturated carbocycles. The van der Waals surface area contributed by atoms with E-state index in [0.717, 1.165) is 37.1 Å². The number of fused-ring (bicyclic) bond motifs is 1. The molecule has 0 radical (unpaired) electrons. The van der Waals surface area contributed by atoms with E-state index in [1.807, 2.05) is 0 Å². The Labute approximate surface area is 131 Å². The SMILES string of the molecule is COCC1(CNS(=O)(=O)c2ccc3c(c2)CCO3)CCCN1. The number of sulfonamides is 1. The summed E-state index contributed by atoms with van der Waals surface area (Å²) >= 11 is 0. The lowest BCUT2D eigenvalue weighted by molar-refractivity contribution is 0.122. The number of hydrogen-bond donors (Lipinski definition) is 2.